The molecule has 0 aliphatic rings. The zero-order valence-corrected chi connectivity index (χ0v) is 20.1. The second-order valence-corrected chi connectivity index (χ2v) is 8.26. The number of anilines is 3. The number of amides is 1. The highest BCUT2D eigenvalue weighted by Crippen LogP contribution is 2.21. The summed E-state index contributed by atoms with van der Waals surface area (Å²) in [6.45, 7) is 0.551. The van der Waals surface area contributed by atoms with Gasteiger partial charge in [-0.2, -0.15) is 9.97 Å². The third-order valence-electron chi connectivity index (χ3n) is 5.42. The Bertz CT molecular complexity index is 1350. The van der Waals surface area contributed by atoms with E-state index in [1.165, 1.54) is 18.3 Å². The molecule has 0 radical (unpaired) electrons. The van der Waals surface area contributed by atoms with Crippen molar-refractivity contribution in [2.75, 3.05) is 22.9 Å². The van der Waals surface area contributed by atoms with E-state index in [0.29, 0.717) is 24.3 Å². The van der Waals surface area contributed by atoms with Crippen LogP contribution >= 0.6 is 0 Å². The monoisotopic (exact) mass is 526 g/mol. The number of aromatic nitrogens is 4. The van der Waals surface area contributed by atoms with Gasteiger partial charge in [0.25, 0.3) is 5.91 Å². The van der Waals surface area contributed by atoms with Gasteiger partial charge in [0.05, 0.1) is 18.4 Å². The zero-order chi connectivity index (χ0) is 27.8. The quantitative estimate of drug-likeness (QED) is 0.177. The van der Waals surface area contributed by atoms with Crippen molar-refractivity contribution >= 4 is 52.4 Å². The summed E-state index contributed by atoms with van der Waals surface area (Å²) < 4.78 is 0. The molecule has 15 nitrogen and oxygen atoms in total. The number of hydrogen-bond donors (Lipinski definition) is 6. The lowest BCUT2D eigenvalue weighted by molar-refractivity contribution is -0.141. The fourth-order valence-corrected chi connectivity index (χ4v) is 3.57. The Balaban J connectivity index is 1.79. The van der Waals surface area contributed by atoms with E-state index in [1.807, 2.05) is 4.90 Å². The van der Waals surface area contributed by atoms with Crippen LogP contribution in [0.1, 0.15) is 41.7 Å². The number of fused-ring (bicyclic) bond motifs is 1. The molecule has 1 amide bonds. The summed E-state index contributed by atoms with van der Waals surface area (Å²) in [5, 5.41) is 29.4. The van der Waals surface area contributed by atoms with Crippen molar-refractivity contribution < 1.29 is 34.5 Å². The molecule has 38 heavy (non-hydrogen) atoms. The molecule has 0 unspecified atom stereocenters. The van der Waals surface area contributed by atoms with Gasteiger partial charge in [0.1, 0.15) is 6.04 Å². The van der Waals surface area contributed by atoms with Crippen molar-refractivity contribution in [1.29, 1.82) is 0 Å². The van der Waals surface area contributed by atoms with E-state index in [0.717, 1.165) is 0 Å². The number of hydrogen-bond acceptors (Lipinski definition) is 11. The predicted molar refractivity (Wildman–Crippen MR) is 134 cm³/mol. The van der Waals surface area contributed by atoms with Crippen LogP contribution in [-0.4, -0.2) is 71.7 Å². The summed E-state index contributed by atoms with van der Waals surface area (Å²) in [6, 6.07) is 4.84. The second-order valence-electron chi connectivity index (χ2n) is 8.26. The van der Waals surface area contributed by atoms with Gasteiger partial charge >= 0.3 is 17.9 Å². The molecule has 200 valence electrons. The lowest BCUT2D eigenvalue weighted by Crippen LogP contribution is -2.41. The van der Waals surface area contributed by atoms with E-state index in [4.69, 9.17) is 21.7 Å². The number of nitrogens with zero attached hydrogens (tertiary/aromatic N) is 5. The van der Waals surface area contributed by atoms with Gasteiger partial charge in [0.15, 0.2) is 17.0 Å². The summed E-state index contributed by atoms with van der Waals surface area (Å²) in [6.07, 6.45) is 1.08. The number of aliphatic carboxylic acids is 3. The Morgan fingerprint density at radius 2 is 1.63 bits per heavy atom. The van der Waals surface area contributed by atoms with E-state index >= 15 is 0 Å². The maximum absolute atomic E-state index is 12.6. The van der Waals surface area contributed by atoms with E-state index in [9.17, 15) is 24.3 Å². The molecule has 1 aromatic carbocycles. The fourth-order valence-electron chi connectivity index (χ4n) is 3.57. The average Bonchev–Trinajstić information content (AvgIpc) is 2.85. The van der Waals surface area contributed by atoms with Crippen LogP contribution in [0.25, 0.3) is 11.2 Å². The molecule has 0 bridgehead atoms. The van der Waals surface area contributed by atoms with Crippen molar-refractivity contribution in [2.24, 2.45) is 0 Å². The third-order valence-corrected chi connectivity index (χ3v) is 5.42. The molecule has 8 N–H and O–H groups in total. The van der Waals surface area contributed by atoms with Crippen LogP contribution in [-0.2, 0) is 20.9 Å². The Labute approximate surface area is 215 Å². The summed E-state index contributed by atoms with van der Waals surface area (Å²) >= 11 is 0. The standard InChI is InChI=1S/C23H26N8O7/c24-19-18-20(30-23(25)29-19)26-10-13(27-18)11-31(9-1-2-16(32)33)14-5-3-12(4-6-14)21(36)28-15(22(37)38)7-8-17(34)35/h3-6,10,15H,1-2,7-9,11H2,(H,28,36)(H,32,33)(H,34,35)(H,37,38)(H4,24,25,26,29,30)/t15-/m0/s1. The van der Waals surface area contributed by atoms with Crippen LogP contribution in [0.4, 0.5) is 17.5 Å². The van der Waals surface area contributed by atoms with Crippen LogP contribution in [0.5, 0.6) is 0 Å². The van der Waals surface area contributed by atoms with Crippen molar-refractivity contribution in [1.82, 2.24) is 25.3 Å². The number of carboxylic acids is 3. The van der Waals surface area contributed by atoms with E-state index < -0.39 is 36.3 Å². The first-order valence-electron chi connectivity index (χ1n) is 11.4. The van der Waals surface area contributed by atoms with Gasteiger partial charge in [0.2, 0.25) is 5.95 Å². The number of nitrogen functional groups attached to an aromatic ring is 2. The molecule has 0 aliphatic heterocycles. The van der Waals surface area contributed by atoms with Crippen molar-refractivity contribution in [3.8, 4) is 0 Å². The molecule has 0 spiro atoms. The highest BCUT2D eigenvalue weighted by molar-refractivity contribution is 5.97. The highest BCUT2D eigenvalue weighted by atomic mass is 16.4. The largest absolute Gasteiger partial charge is 0.481 e. The summed E-state index contributed by atoms with van der Waals surface area (Å²) in [7, 11) is 0. The van der Waals surface area contributed by atoms with Gasteiger partial charge in [0, 0.05) is 30.6 Å². The topological polar surface area (TPSA) is 248 Å². The number of carbonyl (C=O) groups is 4. The number of rotatable bonds is 13. The van der Waals surface area contributed by atoms with Gasteiger partial charge in [-0.1, -0.05) is 0 Å². The predicted octanol–water partition coefficient (Wildman–Crippen LogP) is 0.503. The lowest BCUT2D eigenvalue weighted by Gasteiger charge is -2.24. The van der Waals surface area contributed by atoms with Gasteiger partial charge in [-0.15, -0.1) is 0 Å². The Kier molecular flexibility index (Phi) is 8.86. The maximum atomic E-state index is 12.6. The number of carboxylic acid groups (broad SMARTS) is 3. The number of nitrogens with two attached hydrogens (primary N) is 2. The molecule has 0 aliphatic carbocycles. The normalized spacial score (nSPS) is 11.6. The minimum atomic E-state index is -1.36. The molecule has 3 aromatic rings. The van der Waals surface area contributed by atoms with Crippen LogP contribution in [0.3, 0.4) is 0 Å². The van der Waals surface area contributed by atoms with E-state index in [1.54, 1.807) is 12.1 Å². The first-order valence-corrected chi connectivity index (χ1v) is 11.4. The fraction of sp³-hybridized carbons (Fsp3) is 0.304. The van der Waals surface area contributed by atoms with Gasteiger partial charge < -0.3 is 37.0 Å². The van der Waals surface area contributed by atoms with Crippen LogP contribution < -0.4 is 21.7 Å². The molecule has 0 fully saturated rings. The lowest BCUT2D eigenvalue weighted by atomic mass is 10.1. The van der Waals surface area contributed by atoms with Crippen LogP contribution in [0, 0.1) is 0 Å². The summed E-state index contributed by atoms with van der Waals surface area (Å²) in [5.74, 6) is -4.10. The van der Waals surface area contributed by atoms with Gasteiger partial charge in [-0.25, -0.2) is 14.8 Å². The van der Waals surface area contributed by atoms with E-state index in [-0.39, 0.29) is 47.9 Å². The molecule has 15 heteroatoms. The Morgan fingerprint density at radius 1 is 0.947 bits per heavy atom. The molecule has 2 heterocycles. The van der Waals surface area contributed by atoms with Crippen LogP contribution in [0.15, 0.2) is 30.5 Å². The Hall–Kier alpha value is -5.08. The highest BCUT2D eigenvalue weighted by Gasteiger charge is 2.22. The molecule has 1 atom stereocenters. The first kappa shape index (κ1) is 27.5. The molecular weight excluding hydrogens is 500 g/mol. The number of benzene rings is 1. The SMILES string of the molecule is Nc1nc(N)c2nc(CN(CCCC(=O)O)c3ccc(C(=O)N[C@@H](CCC(=O)O)C(=O)O)cc3)cnc2n1. The molecule has 0 saturated carbocycles. The summed E-state index contributed by atoms with van der Waals surface area (Å²) in [5.41, 5.74) is 13.3. The first-order chi connectivity index (χ1) is 18.0. The molecule has 2 aromatic heterocycles. The van der Waals surface area contributed by atoms with Gasteiger partial charge in [-0.05, 0) is 37.1 Å². The van der Waals surface area contributed by atoms with E-state index in [2.05, 4.69) is 25.3 Å². The maximum Gasteiger partial charge on any atom is 0.326 e. The average molecular weight is 527 g/mol. The van der Waals surface area contributed by atoms with Crippen LogP contribution in [0.2, 0.25) is 0 Å². The Morgan fingerprint density at radius 3 is 2.26 bits per heavy atom. The number of carbonyl (C=O) groups excluding carboxylic acids is 1. The molecular formula is C23H26N8O7. The van der Waals surface area contributed by atoms with Gasteiger partial charge in [-0.3, -0.25) is 14.4 Å². The molecule has 0 saturated heterocycles. The smallest absolute Gasteiger partial charge is 0.326 e. The van der Waals surface area contributed by atoms with Crippen molar-refractivity contribution in [2.45, 2.75) is 38.3 Å². The zero-order valence-electron chi connectivity index (χ0n) is 20.1. The summed E-state index contributed by atoms with van der Waals surface area (Å²) in [4.78, 5) is 64.1. The minimum absolute atomic E-state index is 0.0342. The van der Waals surface area contributed by atoms with Crippen molar-refractivity contribution in [3.05, 3.63) is 41.7 Å². The number of nitrogens with one attached hydrogen (secondary N) is 1. The second kappa shape index (κ2) is 12.2. The molecule has 3 rings (SSSR count). The third kappa shape index (κ3) is 7.46. The minimum Gasteiger partial charge on any atom is -0.481 e. The van der Waals surface area contributed by atoms with Crippen molar-refractivity contribution in [3.63, 3.8) is 0 Å².